The molecule has 21 heavy (non-hydrogen) atoms. The van der Waals surface area contributed by atoms with Crippen LogP contribution >= 0.6 is 0 Å². The van der Waals surface area contributed by atoms with Crippen LogP contribution in [0, 0.1) is 5.82 Å². The highest BCUT2D eigenvalue weighted by molar-refractivity contribution is 6.09. The van der Waals surface area contributed by atoms with Crippen molar-refractivity contribution in [2.45, 2.75) is 19.4 Å². The predicted molar refractivity (Wildman–Crippen MR) is 80.8 cm³/mol. The van der Waals surface area contributed by atoms with E-state index in [1.54, 1.807) is 18.2 Å². The SMILES string of the molecule is O=C(c1cccc(CN2CCCC2)c1)c1ccccc1F. The van der Waals surface area contributed by atoms with Crippen LogP contribution in [0.2, 0.25) is 0 Å². The van der Waals surface area contributed by atoms with Gasteiger partial charge in [0.2, 0.25) is 0 Å². The first kappa shape index (κ1) is 14.0. The molecule has 1 fully saturated rings. The molecule has 1 saturated heterocycles. The molecule has 0 atom stereocenters. The molecule has 2 nitrogen and oxygen atoms in total. The molecule has 0 bridgehead atoms. The highest BCUT2D eigenvalue weighted by Gasteiger charge is 2.15. The first-order valence-electron chi connectivity index (χ1n) is 7.34. The van der Waals surface area contributed by atoms with Gasteiger partial charge in [-0.15, -0.1) is 0 Å². The molecule has 0 amide bonds. The van der Waals surface area contributed by atoms with Crippen molar-refractivity contribution in [1.82, 2.24) is 4.90 Å². The number of ketones is 1. The Bertz CT molecular complexity index is 647. The summed E-state index contributed by atoms with van der Waals surface area (Å²) in [4.78, 5) is 14.8. The van der Waals surface area contributed by atoms with E-state index in [1.807, 2.05) is 18.2 Å². The Hall–Kier alpha value is -2.00. The van der Waals surface area contributed by atoms with Crippen LogP contribution < -0.4 is 0 Å². The fourth-order valence-corrected chi connectivity index (χ4v) is 2.81. The quantitative estimate of drug-likeness (QED) is 0.798. The van der Waals surface area contributed by atoms with Crippen molar-refractivity contribution in [3.63, 3.8) is 0 Å². The van der Waals surface area contributed by atoms with Crippen molar-refractivity contribution in [3.8, 4) is 0 Å². The number of rotatable bonds is 4. The molecule has 1 aliphatic rings. The van der Waals surface area contributed by atoms with Gasteiger partial charge in [0.05, 0.1) is 5.56 Å². The van der Waals surface area contributed by atoms with Crippen LogP contribution in [0.5, 0.6) is 0 Å². The number of likely N-dealkylation sites (tertiary alicyclic amines) is 1. The summed E-state index contributed by atoms with van der Waals surface area (Å²) in [6.07, 6.45) is 2.49. The maximum absolute atomic E-state index is 13.7. The summed E-state index contributed by atoms with van der Waals surface area (Å²) < 4.78 is 13.7. The minimum absolute atomic E-state index is 0.135. The molecule has 3 heteroatoms. The lowest BCUT2D eigenvalue weighted by molar-refractivity contribution is 0.103. The maximum atomic E-state index is 13.7. The Morgan fingerprint density at radius 3 is 2.57 bits per heavy atom. The predicted octanol–water partition coefficient (Wildman–Crippen LogP) is 3.65. The molecule has 108 valence electrons. The summed E-state index contributed by atoms with van der Waals surface area (Å²) in [6.45, 7) is 3.09. The highest BCUT2D eigenvalue weighted by atomic mass is 19.1. The van der Waals surface area contributed by atoms with E-state index in [4.69, 9.17) is 0 Å². The lowest BCUT2D eigenvalue weighted by atomic mass is 10.0. The van der Waals surface area contributed by atoms with E-state index >= 15 is 0 Å². The van der Waals surface area contributed by atoms with Gasteiger partial charge in [0.25, 0.3) is 0 Å². The Labute approximate surface area is 124 Å². The summed E-state index contributed by atoms with van der Waals surface area (Å²) in [7, 11) is 0. The Kier molecular flexibility index (Phi) is 4.11. The van der Waals surface area contributed by atoms with Gasteiger partial charge in [-0.2, -0.15) is 0 Å². The molecule has 2 aromatic rings. The maximum Gasteiger partial charge on any atom is 0.195 e. The molecular weight excluding hydrogens is 265 g/mol. The molecule has 0 saturated carbocycles. The fourth-order valence-electron chi connectivity index (χ4n) is 2.81. The van der Waals surface area contributed by atoms with E-state index in [9.17, 15) is 9.18 Å². The van der Waals surface area contributed by atoms with Crippen LogP contribution in [0.25, 0.3) is 0 Å². The second-order valence-electron chi connectivity index (χ2n) is 5.49. The van der Waals surface area contributed by atoms with Gasteiger partial charge in [-0.25, -0.2) is 4.39 Å². The van der Waals surface area contributed by atoms with Gasteiger partial charge in [0.15, 0.2) is 5.78 Å². The molecule has 0 radical (unpaired) electrons. The van der Waals surface area contributed by atoms with E-state index in [0.717, 1.165) is 25.2 Å². The zero-order valence-corrected chi connectivity index (χ0v) is 11.9. The average Bonchev–Trinajstić information content (AvgIpc) is 3.00. The van der Waals surface area contributed by atoms with Crippen LogP contribution in [0.4, 0.5) is 4.39 Å². The highest BCUT2D eigenvalue weighted by Crippen LogP contribution is 2.17. The summed E-state index contributed by atoms with van der Waals surface area (Å²) >= 11 is 0. The second-order valence-corrected chi connectivity index (χ2v) is 5.49. The molecule has 0 aliphatic carbocycles. The van der Waals surface area contributed by atoms with Gasteiger partial charge in [0.1, 0.15) is 5.82 Å². The minimum atomic E-state index is -0.465. The normalized spacial score (nSPS) is 15.3. The van der Waals surface area contributed by atoms with Gasteiger partial charge in [-0.05, 0) is 49.7 Å². The molecule has 3 rings (SSSR count). The summed E-state index contributed by atoms with van der Waals surface area (Å²) in [5.74, 6) is -0.719. The number of hydrogen-bond donors (Lipinski definition) is 0. The molecule has 0 spiro atoms. The van der Waals surface area contributed by atoms with Crippen LogP contribution in [0.3, 0.4) is 0 Å². The smallest absolute Gasteiger partial charge is 0.195 e. The Morgan fingerprint density at radius 2 is 1.81 bits per heavy atom. The van der Waals surface area contributed by atoms with Crippen molar-refractivity contribution < 1.29 is 9.18 Å². The fraction of sp³-hybridized carbons (Fsp3) is 0.278. The number of halogens is 1. The average molecular weight is 283 g/mol. The molecule has 0 unspecified atom stereocenters. The first-order valence-corrected chi connectivity index (χ1v) is 7.34. The van der Waals surface area contributed by atoms with Crippen molar-refractivity contribution in [2.75, 3.05) is 13.1 Å². The molecule has 2 aromatic carbocycles. The zero-order valence-electron chi connectivity index (χ0n) is 11.9. The van der Waals surface area contributed by atoms with E-state index in [2.05, 4.69) is 4.90 Å². The second kappa shape index (κ2) is 6.19. The van der Waals surface area contributed by atoms with E-state index in [1.165, 1.54) is 25.0 Å². The van der Waals surface area contributed by atoms with Gasteiger partial charge in [-0.1, -0.05) is 30.3 Å². The van der Waals surface area contributed by atoms with Crippen LogP contribution in [0.15, 0.2) is 48.5 Å². The zero-order chi connectivity index (χ0) is 14.7. The number of carbonyl (C=O) groups is 1. The van der Waals surface area contributed by atoms with Crippen molar-refractivity contribution >= 4 is 5.78 Å². The van der Waals surface area contributed by atoms with Crippen molar-refractivity contribution in [1.29, 1.82) is 0 Å². The van der Waals surface area contributed by atoms with Crippen molar-refractivity contribution in [3.05, 3.63) is 71.0 Å². The first-order chi connectivity index (χ1) is 10.2. The molecule has 1 aliphatic heterocycles. The van der Waals surface area contributed by atoms with E-state index < -0.39 is 5.82 Å². The summed E-state index contributed by atoms with van der Waals surface area (Å²) in [6, 6.07) is 13.7. The Morgan fingerprint density at radius 1 is 1.05 bits per heavy atom. The monoisotopic (exact) mass is 283 g/mol. The summed E-state index contributed by atoms with van der Waals surface area (Å²) in [5.41, 5.74) is 1.80. The largest absolute Gasteiger partial charge is 0.299 e. The van der Waals surface area contributed by atoms with Crippen LogP contribution in [-0.2, 0) is 6.54 Å². The lowest BCUT2D eigenvalue weighted by Crippen LogP contribution is -2.18. The topological polar surface area (TPSA) is 20.3 Å². The number of benzene rings is 2. The molecular formula is C18H18FNO. The third-order valence-electron chi connectivity index (χ3n) is 3.91. The molecule has 0 N–H and O–H groups in total. The third-order valence-corrected chi connectivity index (χ3v) is 3.91. The molecule has 0 aromatic heterocycles. The van der Waals surface area contributed by atoms with Crippen LogP contribution in [0.1, 0.15) is 34.3 Å². The van der Waals surface area contributed by atoms with Gasteiger partial charge in [-0.3, -0.25) is 9.69 Å². The number of hydrogen-bond acceptors (Lipinski definition) is 2. The lowest BCUT2D eigenvalue weighted by Gasteiger charge is -2.15. The van der Waals surface area contributed by atoms with Gasteiger partial charge in [0, 0.05) is 12.1 Å². The number of carbonyl (C=O) groups excluding carboxylic acids is 1. The van der Waals surface area contributed by atoms with Gasteiger partial charge < -0.3 is 0 Å². The van der Waals surface area contributed by atoms with Crippen molar-refractivity contribution in [2.24, 2.45) is 0 Å². The minimum Gasteiger partial charge on any atom is -0.299 e. The third kappa shape index (κ3) is 3.19. The number of nitrogens with zero attached hydrogens (tertiary/aromatic N) is 1. The Balaban J connectivity index is 1.82. The summed E-state index contributed by atoms with van der Waals surface area (Å²) in [5, 5.41) is 0. The molecule has 1 heterocycles. The van der Waals surface area contributed by atoms with E-state index in [-0.39, 0.29) is 11.3 Å². The van der Waals surface area contributed by atoms with Crippen LogP contribution in [-0.4, -0.2) is 23.8 Å². The standard InChI is InChI=1S/C18H18FNO/c19-17-9-2-1-8-16(17)18(21)15-7-5-6-14(12-15)13-20-10-3-4-11-20/h1-2,5-9,12H,3-4,10-11,13H2. The van der Waals surface area contributed by atoms with E-state index in [0.29, 0.717) is 5.56 Å². The van der Waals surface area contributed by atoms with Gasteiger partial charge >= 0.3 is 0 Å².